The predicted molar refractivity (Wildman–Crippen MR) is 105 cm³/mol. The van der Waals surface area contributed by atoms with Crippen LogP contribution in [0.4, 0.5) is 0 Å². The van der Waals surface area contributed by atoms with Gasteiger partial charge in [0.25, 0.3) is 0 Å². The first-order valence-corrected chi connectivity index (χ1v) is 10.4. The predicted octanol–water partition coefficient (Wildman–Crippen LogP) is 2.08. The largest absolute Gasteiger partial charge is 0.497 e. The van der Waals surface area contributed by atoms with E-state index < -0.39 is 0 Å². The summed E-state index contributed by atoms with van der Waals surface area (Å²) in [6.07, 6.45) is 4.19. The molecule has 2 heterocycles. The highest BCUT2D eigenvalue weighted by atomic mass is 32.2. The number of hydrogen-bond acceptors (Lipinski definition) is 5. The van der Waals surface area contributed by atoms with Crippen LogP contribution < -0.4 is 15.7 Å². The SMILES string of the molecule is COc1ccc(SCCC(=O)NCCCn2nc3n(c2=O)CCCC3)cc1. The molecular formula is C19H26N4O3S. The zero-order valence-corrected chi connectivity index (χ0v) is 16.5. The van der Waals surface area contributed by atoms with Gasteiger partial charge in [-0.3, -0.25) is 9.36 Å². The van der Waals surface area contributed by atoms with E-state index in [1.54, 1.807) is 23.4 Å². The molecule has 27 heavy (non-hydrogen) atoms. The van der Waals surface area contributed by atoms with Crippen molar-refractivity contribution in [3.05, 3.63) is 40.6 Å². The van der Waals surface area contributed by atoms with Crippen molar-refractivity contribution in [2.24, 2.45) is 0 Å². The van der Waals surface area contributed by atoms with Gasteiger partial charge in [-0.1, -0.05) is 0 Å². The molecule has 1 amide bonds. The molecule has 0 fully saturated rings. The van der Waals surface area contributed by atoms with Crippen molar-refractivity contribution in [3.63, 3.8) is 0 Å². The molecule has 0 atom stereocenters. The van der Waals surface area contributed by atoms with Gasteiger partial charge in [-0.2, -0.15) is 5.10 Å². The summed E-state index contributed by atoms with van der Waals surface area (Å²) in [7, 11) is 1.64. The number of benzene rings is 1. The van der Waals surface area contributed by atoms with Gasteiger partial charge in [0.15, 0.2) is 0 Å². The van der Waals surface area contributed by atoms with Gasteiger partial charge in [-0.05, 0) is 43.5 Å². The third kappa shape index (κ3) is 5.38. The molecule has 0 saturated heterocycles. The van der Waals surface area contributed by atoms with E-state index in [0.29, 0.717) is 25.9 Å². The molecule has 1 N–H and O–H groups in total. The highest BCUT2D eigenvalue weighted by Crippen LogP contribution is 2.21. The van der Waals surface area contributed by atoms with Gasteiger partial charge in [0.05, 0.1) is 7.11 Å². The number of carbonyl (C=O) groups is 1. The summed E-state index contributed by atoms with van der Waals surface area (Å²) < 4.78 is 8.44. The lowest BCUT2D eigenvalue weighted by Crippen LogP contribution is -2.29. The van der Waals surface area contributed by atoms with Gasteiger partial charge in [0, 0.05) is 43.1 Å². The van der Waals surface area contributed by atoms with E-state index in [4.69, 9.17) is 4.74 Å². The fraction of sp³-hybridized carbons (Fsp3) is 0.526. The average molecular weight is 391 g/mol. The number of ether oxygens (including phenoxy) is 1. The van der Waals surface area contributed by atoms with Crippen LogP contribution >= 0.6 is 11.8 Å². The van der Waals surface area contributed by atoms with Gasteiger partial charge in [0.2, 0.25) is 5.91 Å². The first kappa shape index (κ1) is 19.5. The quantitative estimate of drug-likeness (QED) is 0.524. The van der Waals surface area contributed by atoms with Crippen molar-refractivity contribution < 1.29 is 9.53 Å². The van der Waals surface area contributed by atoms with E-state index in [-0.39, 0.29) is 11.6 Å². The molecule has 2 aromatic rings. The summed E-state index contributed by atoms with van der Waals surface area (Å²) in [6, 6.07) is 7.81. The zero-order valence-electron chi connectivity index (χ0n) is 15.6. The summed E-state index contributed by atoms with van der Waals surface area (Å²) in [5, 5.41) is 7.32. The summed E-state index contributed by atoms with van der Waals surface area (Å²) in [5.41, 5.74) is -0.0214. The van der Waals surface area contributed by atoms with Gasteiger partial charge >= 0.3 is 5.69 Å². The van der Waals surface area contributed by atoms with Gasteiger partial charge in [-0.25, -0.2) is 9.48 Å². The van der Waals surface area contributed by atoms with Crippen molar-refractivity contribution in [1.82, 2.24) is 19.7 Å². The second-order valence-corrected chi connectivity index (χ2v) is 7.68. The van der Waals surface area contributed by atoms with Crippen LogP contribution in [0.5, 0.6) is 5.75 Å². The van der Waals surface area contributed by atoms with Crippen LogP contribution in [0.3, 0.4) is 0 Å². The van der Waals surface area contributed by atoms with Crippen LogP contribution in [0.25, 0.3) is 0 Å². The number of fused-ring (bicyclic) bond motifs is 1. The molecule has 8 heteroatoms. The van der Waals surface area contributed by atoms with E-state index in [1.165, 1.54) is 4.68 Å². The molecule has 0 aliphatic carbocycles. The number of rotatable bonds is 9. The molecule has 7 nitrogen and oxygen atoms in total. The van der Waals surface area contributed by atoms with Crippen LogP contribution in [-0.4, -0.2) is 39.7 Å². The van der Waals surface area contributed by atoms with Gasteiger partial charge in [0.1, 0.15) is 11.6 Å². The van der Waals surface area contributed by atoms with Crippen LogP contribution in [0, 0.1) is 0 Å². The summed E-state index contributed by atoms with van der Waals surface area (Å²) >= 11 is 1.65. The number of methoxy groups -OCH3 is 1. The molecule has 1 aliphatic rings. The maximum Gasteiger partial charge on any atom is 0.345 e. The first-order valence-electron chi connectivity index (χ1n) is 9.37. The van der Waals surface area contributed by atoms with E-state index in [2.05, 4.69) is 10.4 Å². The topological polar surface area (TPSA) is 78.2 Å². The Morgan fingerprint density at radius 3 is 2.85 bits per heavy atom. The smallest absolute Gasteiger partial charge is 0.345 e. The normalized spacial score (nSPS) is 13.2. The lowest BCUT2D eigenvalue weighted by Gasteiger charge is -2.09. The number of aromatic nitrogens is 3. The molecule has 0 radical (unpaired) electrons. The zero-order chi connectivity index (χ0) is 19.1. The molecule has 1 aromatic carbocycles. The highest BCUT2D eigenvalue weighted by Gasteiger charge is 2.16. The minimum atomic E-state index is -0.0214. The minimum absolute atomic E-state index is 0.0214. The third-order valence-corrected chi connectivity index (χ3v) is 5.57. The van der Waals surface area contributed by atoms with Crippen molar-refractivity contribution in [1.29, 1.82) is 0 Å². The van der Waals surface area contributed by atoms with Crippen LogP contribution in [-0.2, 0) is 24.3 Å². The number of nitrogens with one attached hydrogen (secondary N) is 1. The van der Waals surface area contributed by atoms with E-state index in [0.717, 1.165) is 48.0 Å². The van der Waals surface area contributed by atoms with Crippen LogP contribution in [0.2, 0.25) is 0 Å². The molecule has 3 rings (SSSR count). The maximum atomic E-state index is 12.2. The Hall–Kier alpha value is -2.22. The maximum absolute atomic E-state index is 12.2. The molecular weight excluding hydrogens is 364 g/mol. The number of thioether (sulfide) groups is 1. The molecule has 0 unspecified atom stereocenters. The Bertz CT molecular complexity index is 813. The fourth-order valence-corrected chi connectivity index (χ4v) is 3.92. The molecule has 146 valence electrons. The second kappa shape index (κ2) is 9.64. The second-order valence-electron chi connectivity index (χ2n) is 6.51. The van der Waals surface area contributed by atoms with E-state index in [1.807, 2.05) is 24.3 Å². The monoisotopic (exact) mass is 390 g/mol. The van der Waals surface area contributed by atoms with E-state index >= 15 is 0 Å². The lowest BCUT2D eigenvalue weighted by molar-refractivity contribution is -0.120. The summed E-state index contributed by atoms with van der Waals surface area (Å²) in [6.45, 7) is 1.87. The summed E-state index contributed by atoms with van der Waals surface area (Å²) in [5.74, 6) is 2.49. The Labute approximate surface area is 163 Å². The number of carbonyl (C=O) groups excluding carboxylic acids is 1. The van der Waals surface area contributed by atoms with Crippen molar-refractivity contribution in [2.75, 3.05) is 19.4 Å². The number of amides is 1. The molecule has 0 saturated carbocycles. The first-order chi connectivity index (χ1) is 13.2. The van der Waals surface area contributed by atoms with Crippen molar-refractivity contribution in [3.8, 4) is 5.75 Å². The number of aryl methyl sites for hydroxylation is 2. The molecule has 0 spiro atoms. The number of nitrogens with zero attached hydrogens (tertiary/aromatic N) is 3. The lowest BCUT2D eigenvalue weighted by atomic mass is 10.2. The molecule has 1 aromatic heterocycles. The fourth-order valence-electron chi connectivity index (χ4n) is 3.07. The number of hydrogen-bond donors (Lipinski definition) is 1. The molecule has 1 aliphatic heterocycles. The Morgan fingerprint density at radius 2 is 2.11 bits per heavy atom. The van der Waals surface area contributed by atoms with E-state index in [9.17, 15) is 9.59 Å². The van der Waals surface area contributed by atoms with Crippen molar-refractivity contribution >= 4 is 17.7 Å². The standard InChI is InChI=1S/C19H26N4O3S/c1-26-15-6-8-16(9-7-15)27-14-10-18(24)20-11-4-13-23-19(25)22-12-3-2-5-17(22)21-23/h6-9H,2-5,10-14H2,1H3,(H,20,24). The summed E-state index contributed by atoms with van der Waals surface area (Å²) in [4.78, 5) is 25.3. The van der Waals surface area contributed by atoms with Crippen LogP contribution in [0.15, 0.2) is 34.0 Å². The Kier molecular flexibility index (Phi) is 6.98. The van der Waals surface area contributed by atoms with Gasteiger partial charge < -0.3 is 10.1 Å². The van der Waals surface area contributed by atoms with Crippen molar-refractivity contribution in [2.45, 2.75) is 50.1 Å². The Balaban J connectivity index is 1.32. The van der Waals surface area contributed by atoms with Gasteiger partial charge in [-0.15, -0.1) is 11.8 Å². The third-order valence-electron chi connectivity index (χ3n) is 4.56. The minimum Gasteiger partial charge on any atom is -0.497 e. The molecule has 0 bridgehead atoms. The Morgan fingerprint density at radius 1 is 1.30 bits per heavy atom. The average Bonchev–Trinajstić information content (AvgIpc) is 3.02. The van der Waals surface area contributed by atoms with Crippen LogP contribution in [0.1, 0.15) is 31.5 Å². The highest BCUT2D eigenvalue weighted by molar-refractivity contribution is 7.99.